The van der Waals surface area contributed by atoms with Crippen molar-refractivity contribution in [1.29, 1.82) is 0 Å². The summed E-state index contributed by atoms with van der Waals surface area (Å²) in [6.45, 7) is -0.269. The summed E-state index contributed by atoms with van der Waals surface area (Å²) in [5.41, 5.74) is 0.614. The van der Waals surface area contributed by atoms with Crippen LogP contribution in [0.1, 0.15) is 5.56 Å². The molecule has 0 saturated heterocycles. The highest BCUT2D eigenvalue weighted by Crippen LogP contribution is 2.36. The zero-order valence-corrected chi connectivity index (χ0v) is 11.3. The minimum Gasteiger partial charge on any atom is -0.493 e. The van der Waals surface area contributed by atoms with Gasteiger partial charge in [0.2, 0.25) is 0 Å². The van der Waals surface area contributed by atoms with Crippen LogP contribution in [-0.4, -0.2) is 43.7 Å². The molecule has 0 aliphatic carbocycles. The Bertz CT molecular complexity index is 434. The van der Waals surface area contributed by atoms with Crippen LogP contribution in [0.25, 0.3) is 0 Å². The fraction of sp³-hybridized carbons (Fsp3) is 0.417. The second-order valence-corrected chi connectivity index (χ2v) is 4.25. The van der Waals surface area contributed by atoms with Gasteiger partial charge in [-0.25, -0.2) is 0 Å². The van der Waals surface area contributed by atoms with Crippen molar-refractivity contribution < 1.29 is 19.4 Å². The van der Waals surface area contributed by atoms with Crippen molar-refractivity contribution in [3.05, 3.63) is 22.7 Å². The third kappa shape index (κ3) is 3.51. The lowest BCUT2D eigenvalue weighted by molar-refractivity contribution is -0.130. The normalized spacial score (nSPS) is 10.1. The average Bonchev–Trinajstić information content (AvgIpc) is 2.35. The topological polar surface area (TPSA) is 59.0 Å². The molecule has 1 amide bonds. The van der Waals surface area contributed by atoms with Crippen LogP contribution in [0.4, 0.5) is 0 Å². The van der Waals surface area contributed by atoms with Gasteiger partial charge < -0.3 is 19.5 Å². The Hall–Kier alpha value is -1.46. The van der Waals surface area contributed by atoms with Gasteiger partial charge in [-0.2, -0.15) is 0 Å². The molecule has 6 heteroatoms. The number of ether oxygens (including phenoxy) is 2. The van der Waals surface area contributed by atoms with E-state index in [1.807, 2.05) is 0 Å². The number of halogens is 1. The Morgan fingerprint density at radius 2 is 2.11 bits per heavy atom. The Labute approximate surface area is 111 Å². The number of hydrogen-bond donors (Lipinski definition) is 1. The van der Waals surface area contributed by atoms with E-state index >= 15 is 0 Å². The lowest BCUT2D eigenvalue weighted by atomic mass is 10.2. The molecule has 5 nitrogen and oxygen atoms in total. The Balaban J connectivity index is 2.91. The maximum Gasteiger partial charge on any atom is 0.259 e. The largest absolute Gasteiger partial charge is 0.493 e. The van der Waals surface area contributed by atoms with E-state index in [-0.39, 0.29) is 19.1 Å². The first kappa shape index (κ1) is 14.6. The maximum absolute atomic E-state index is 11.4. The molecule has 100 valence electrons. The number of carbonyl (C=O) groups excluding carboxylic acids is 1. The van der Waals surface area contributed by atoms with Crippen LogP contribution in [0, 0.1) is 0 Å². The summed E-state index contributed by atoms with van der Waals surface area (Å²) in [5.74, 6) is 0.504. The highest BCUT2D eigenvalue weighted by Gasteiger charge is 2.14. The lowest BCUT2D eigenvalue weighted by Gasteiger charge is -2.15. The molecule has 0 aliphatic rings. The highest BCUT2D eigenvalue weighted by molar-refractivity contribution is 6.32. The molecule has 0 atom stereocenters. The molecule has 0 unspecified atom stereocenters. The number of methoxy groups -OCH3 is 1. The summed E-state index contributed by atoms with van der Waals surface area (Å²) in [6.07, 6.45) is 0. The first-order chi connectivity index (χ1) is 8.49. The molecule has 0 aromatic heterocycles. The first-order valence-electron chi connectivity index (χ1n) is 5.29. The minimum atomic E-state index is -0.181. The molecule has 0 heterocycles. The van der Waals surface area contributed by atoms with E-state index in [2.05, 4.69) is 0 Å². The minimum absolute atomic E-state index is 0.123. The van der Waals surface area contributed by atoms with Crippen LogP contribution in [0.5, 0.6) is 11.5 Å². The van der Waals surface area contributed by atoms with E-state index < -0.39 is 0 Å². The van der Waals surface area contributed by atoms with E-state index in [1.54, 1.807) is 26.2 Å². The molecular formula is C12H16ClNO4. The average molecular weight is 274 g/mol. The summed E-state index contributed by atoms with van der Waals surface area (Å²) in [5, 5.41) is 9.34. The zero-order chi connectivity index (χ0) is 13.7. The van der Waals surface area contributed by atoms with E-state index in [0.717, 1.165) is 0 Å². The summed E-state index contributed by atoms with van der Waals surface area (Å²) in [4.78, 5) is 12.8. The monoisotopic (exact) mass is 273 g/mol. The smallest absolute Gasteiger partial charge is 0.259 e. The molecule has 0 saturated carbocycles. The van der Waals surface area contributed by atoms with Gasteiger partial charge in [0, 0.05) is 14.1 Å². The Morgan fingerprint density at radius 1 is 1.44 bits per heavy atom. The predicted octanol–water partition coefficient (Wildman–Crippen LogP) is 1.31. The molecule has 1 aromatic rings. The quantitative estimate of drug-likeness (QED) is 0.879. The van der Waals surface area contributed by atoms with E-state index in [9.17, 15) is 4.79 Å². The fourth-order valence-electron chi connectivity index (χ4n) is 1.27. The first-order valence-corrected chi connectivity index (χ1v) is 5.67. The molecule has 18 heavy (non-hydrogen) atoms. The molecule has 1 rings (SSSR count). The Kier molecular flexibility index (Phi) is 5.25. The van der Waals surface area contributed by atoms with Crippen molar-refractivity contribution in [1.82, 2.24) is 4.90 Å². The van der Waals surface area contributed by atoms with Crippen LogP contribution in [0.2, 0.25) is 5.02 Å². The van der Waals surface area contributed by atoms with Crippen LogP contribution in [0.15, 0.2) is 12.1 Å². The van der Waals surface area contributed by atoms with E-state index in [0.29, 0.717) is 22.1 Å². The standard InChI is InChI=1S/C12H16ClNO4/c1-14(2)11(16)7-18-12-9(13)4-8(6-15)5-10(12)17-3/h4-5,15H,6-7H2,1-3H3. The van der Waals surface area contributed by atoms with Crippen molar-refractivity contribution >= 4 is 17.5 Å². The Morgan fingerprint density at radius 3 is 2.61 bits per heavy atom. The van der Waals surface area contributed by atoms with Crippen molar-refractivity contribution in [2.24, 2.45) is 0 Å². The van der Waals surface area contributed by atoms with E-state index in [1.165, 1.54) is 12.0 Å². The van der Waals surface area contributed by atoms with Crippen molar-refractivity contribution in [2.45, 2.75) is 6.61 Å². The van der Waals surface area contributed by atoms with Gasteiger partial charge in [0.15, 0.2) is 18.1 Å². The van der Waals surface area contributed by atoms with Crippen LogP contribution < -0.4 is 9.47 Å². The van der Waals surface area contributed by atoms with Crippen LogP contribution in [-0.2, 0) is 11.4 Å². The number of carbonyl (C=O) groups is 1. The lowest BCUT2D eigenvalue weighted by Crippen LogP contribution is -2.27. The van der Waals surface area contributed by atoms with Crippen molar-refractivity contribution in [3.63, 3.8) is 0 Å². The number of hydrogen-bond acceptors (Lipinski definition) is 4. The van der Waals surface area contributed by atoms with Gasteiger partial charge in [0.25, 0.3) is 5.91 Å². The third-order valence-electron chi connectivity index (χ3n) is 2.31. The summed E-state index contributed by atoms with van der Waals surface area (Å²) >= 11 is 6.01. The molecule has 0 spiro atoms. The fourth-order valence-corrected chi connectivity index (χ4v) is 1.56. The number of aliphatic hydroxyl groups excluding tert-OH is 1. The molecule has 0 bridgehead atoms. The summed E-state index contributed by atoms with van der Waals surface area (Å²) in [7, 11) is 4.74. The number of nitrogens with zero attached hydrogens (tertiary/aromatic N) is 1. The molecule has 0 aliphatic heterocycles. The van der Waals surface area contributed by atoms with Gasteiger partial charge in [0.05, 0.1) is 18.7 Å². The van der Waals surface area contributed by atoms with Crippen molar-refractivity contribution in [3.8, 4) is 11.5 Å². The molecule has 0 radical (unpaired) electrons. The number of rotatable bonds is 5. The van der Waals surface area contributed by atoms with Gasteiger partial charge in [-0.1, -0.05) is 11.6 Å². The van der Waals surface area contributed by atoms with Gasteiger partial charge in [-0.3, -0.25) is 4.79 Å². The number of benzene rings is 1. The molecule has 1 N–H and O–H groups in total. The number of aliphatic hydroxyl groups is 1. The SMILES string of the molecule is COc1cc(CO)cc(Cl)c1OCC(=O)N(C)C. The van der Waals surface area contributed by atoms with Gasteiger partial charge in [-0.05, 0) is 17.7 Å². The maximum atomic E-state index is 11.4. The van der Waals surface area contributed by atoms with E-state index in [4.69, 9.17) is 26.2 Å². The summed E-state index contributed by atoms with van der Waals surface area (Å²) in [6, 6.07) is 3.18. The number of amides is 1. The summed E-state index contributed by atoms with van der Waals surface area (Å²) < 4.78 is 10.5. The predicted molar refractivity (Wildman–Crippen MR) is 68.1 cm³/mol. The number of likely N-dealkylation sites (N-methyl/N-ethyl adjacent to an activating group) is 1. The zero-order valence-electron chi connectivity index (χ0n) is 10.6. The molecule has 0 fully saturated rings. The second-order valence-electron chi connectivity index (χ2n) is 3.84. The van der Waals surface area contributed by atoms with Gasteiger partial charge in [-0.15, -0.1) is 0 Å². The van der Waals surface area contributed by atoms with Gasteiger partial charge in [0.1, 0.15) is 0 Å². The van der Waals surface area contributed by atoms with Crippen molar-refractivity contribution in [2.75, 3.05) is 27.8 Å². The highest BCUT2D eigenvalue weighted by atomic mass is 35.5. The molecule has 1 aromatic carbocycles. The van der Waals surface area contributed by atoms with Crippen LogP contribution >= 0.6 is 11.6 Å². The second kappa shape index (κ2) is 6.47. The third-order valence-corrected chi connectivity index (χ3v) is 2.59. The van der Waals surface area contributed by atoms with Crippen LogP contribution in [0.3, 0.4) is 0 Å². The molecular weight excluding hydrogens is 258 g/mol. The van der Waals surface area contributed by atoms with Gasteiger partial charge >= 0.3 is 0 Å².